The summed E-state index contributed by atoms with van der Waals surface area (Å²) < 4.78 is 1.87. The maximum Gasteiger partial charge on any atom is 0.107 e. The van der Waals surface area contributed by atoms with Crippen LogP contribution < -0.4 is 11.1 Å². The number of aromatic nitrogens is 3. The van der Waals surface area contributed by atoms with Crippen molar-refractivity contribution in [2.45, 2.75) is 20.3 Å². The van der Waals surface area contributed by atoms with Crippen LogP contribution >= 0.6 is 12.2 Å². The van der Waals surface area contributed by atoms with Crippen LogP contribution in [0.4, 0.5) is 5.69 Å². The molecule has 3 N–H and O–H groups in total. The molecule has 0 fully saturated rings. The fourth-order valence-electron chi connectivity index (χ4n) is 2.25. The van der Waals surface area contributed by atoms with Gasteiger partial charge in [0.25, 0.3) is 0 Å². The van der Waals surface area contributed by atoms with Gasteiger partial charge in [0.05, 0.1) is 5.56 Å². The van der Waals surface area contributed by atoms with E-state index in [2.05, 4.69) is 15.4 Å². The highest BCUT2D eigenvalue weighted by Gasteiger charge is 2.11. The third-order valence-corrected chi connectivity index (χ3v) is 3.40. The smallest absolute Gasteiger partial charge is 0.107 e. The Morgan fingerprint density at radius 1 is 1.45 bits per heavy atom. The van der Waals surface area contributed by atoms with E-state index in [-0.39, 0.29) is 0 Å². The van der Waals surface area contributed by atoms with Gasteiger partial charge < -0.3 is 11.1 Å². The Hall–Kier alpha value is -1.95. The Labute approximate surface area is 124 Å². The molecule has 2 aromatic rings. The third kappa shape index (κ3) is 3.14. The summed E-state index contributed by atoms with van der Waals surface area (Å²) in [4.78, 5) is 4.78. The van der Waals surface area contributed by atoms with Crippen LogP contribution in [0.1, 0.15) is 22.6 Å². The average molecular weight is 289 g/mol. The van der Waals surface area contributed by atoms with Crippen molar-refractivity contribution >= 4 is 22.9 Å². The van der Waals surface area contributed by atoms with Crippen LogP contribution in [0.25, 0.3) is 0 Å². The summed E-state index contributed by atoms with van der Waals surface area (Å²) in [6, 6.07) is 3.99. The van der Waals surface area contributed by atoms with Gasteiger partial charge in [-0.05, 0) is 26.0 Å². The molecule has 0 saturated carbocycles. The first kappa shape index (κ1) is 14.5. The fourth-order valence-corrected chi connectivity index (χ4v) is 2.51. The van der Waals surface area contributed by atoms with Gasteiger partial charge in [0.1, 0.15) is 4.99 Å². The van der Waals surface area contributed by atoms with Crippen molar-refractivity contribution in [2.75, 3.05) is 11.9 Å². The summed E-state index contributed by atoms with van der Waals surface area (Å²) in [7, 11) is 1.94. The molecule has 0 spiro atoms. The quantitative estimate of drug-likeness (QED) is 0.820. The zero-order valence-corrected chi connectivity index (χ0v) is 12.8. The zero-order chi connectivity index (χ0) is 14.7. The van der Waals surface area contributed by atoms with Gasteiger partial charge in [0.2, 0.25) is 0 Å². The number of pyridine rings is 1. The number of aryl methyl sites for hydroxylation is 3. The molecule has 2 heterocycles. The fraction of sp³-hybridized carbons (Fsp3) is 0.357. The number of hydrogen-bond donors (Lipinski definition) is 2. The van der Waals surface area contributed by atoms with Crippen LogP contribution in [0.3, 0.4) is 0 Å². The van der Waals surface area contributed by atoms with Crippen LogP contribution in [-0.2, 0) is 13.5 Å². The topological polar surface area (TPSA) is 68.8 Å². The second kappa shape index (κ2) is 6.00. The second-order valence-corrected chi connectivity index (χ2v) is 5.20. The van der Waals surface area contributed by atoms with E-state index in [9.17, 15) is 0 Å². The van der Waals surface area contributed by atoms with Crippen molar-refractivity contribution in [2.24, 2.45) is 12.8 Å². The Morgan fingerprint density at radius 2 is 2.20 bits per heavy atom. The molecule has 6 heteroatoms. The molecule has 2 aromatic heterocycles. The molecule has 0 unspecified atom stereocenters. The summed E-state index contributed by atoms with van der Waals surface area (Å²) >= 11 is 5.11. The molecule has 2 rings (SSSR count). The first-order chi connectivity index (χ1) is 9.49. The normalized spacial score (nSPS) is 10.6. The van der Waals surface area contributed by atoms with E-state index in [0.717, 1.165) is 35.6 Å². The van der Waals surface area contributed by atoms with E-state index in [1.54, 1.807) is 6.20 Å². The van der Waals surface area contributed by atoms with Gasteiger partial charge >= 0.3 is 0 Å². The van der Waals surface area contributed by atoms with Crippen LogP contribution in [-0.4, -0.2) is 26.3 Å². The largest absolute Gasteiger partial charge is 0.389 e. The Balaban J connectivity index is 2.13. The standard InChI is InChI=1S/C14H19N5S/c1-9-8-12(13(14(15)20)10(2)18-9)16-6-4-11-5-7-17-19(11)3/h5,7-8H,4,6H2,1-3H3,(H2,15,20)(H,16,18). The minimum Gasteiger partial charge on any atom is -0.389 e. The lowest BCUT2D eigenvalue weighted by Crippen LogP contribution is -2.17. The first-order valence-electron chi connectivity index (χ1n) is 6.48. The Bertz CT molecular complexity index is 632. The van der Waals surface area contributed by atoms with E-state index in [1.807, 2.05) is 37.7 Å². The molecule has 0 aliphatic carbocycles. The van der Waals surface area contributed by atoms with Crippen molar-refractivity contribution in [3.63, 3.8) is 0 Å². The maximum atomic E-state index is 5.79. The molecule has 0 bridgehead atoms. The van der Waals surface area contributed by atoms with Gasteiger partial charge in [-0.2, -0.15) is 5.10 Å². The highest BCUT2D eigenvalue weighted by atomic mass is 32.1. The summed E-state index contributed by atoms with van der Waals surface area (Å²) in [5.74, 6) is 0. The number of hydrogen-bond acceptors (Lipinski definition) is 4. The van der Waals surface area contributed by atoms with Gasteiger partial charge in [-0.3, -0.25) is 9.67 Å². The number of nitrogens with zero attached hydrogens (tertiary/aromatic N) is 3. The van der Waals surface area contributed by atoms with Crippen molar-refractivity contribution in [1.29, 1.82) is 0 Å². The predicted octanol–water partition coefficient (Wildman–Crippen LogP) is 1.72. The molecule has 0 saturated heterocycles. The monoisotopic (exact) mass is 289 g/mol. The van der Waals surface area contributed by atoms with Crippen molar-refractivity contribution in [3.05, 3.63) is 41.0 Å². The summed E-state index contributed by atoms with van der Waals surface area (Å²) in [6.07, 6.45) is 2.68. The second-order valence-electron chi connectivity index (χ2n) is 4.76. The molecule has 0 radical (unpaired) electrons. The highest BCUT2D eigenvalue weighted by molar-refractivity contribution is 7.80. The Kier molecular flexibility index (Phi) is 4.34. The number of rotatable bonds is 5. The van der Waals surface area contributed by atoms with Crippen LogP contribution in [0.5, 0.6) is 0 Å². The lowest BCUT2D eigenvalue weighted by molar-refractivity contribution is 0.711. The summed E-state index contributed by atoms with van der Waals surface area (Å²) in [6.45, 7) is 4.68. The molecular weight excluding hydrogens is 270 g/mol. The molecule has 0 atom stereocenters. The number of nitrogens with two attached hydrogens (primary N) is 1. The molecule has 106 valence electrons. The third-order valence-electron chi connectivity index (χ3n) is 3.19. The van der Waals surface area contributed by atoms with Crippen molar-refractivity contribution < 1.29 is 0 Å². The first-order valence-corrected chi connectivity index (χ1v) is 6.88. The molecule has 0 amide bonds. The lowest BCUT2D eigenvalue weighted by atomic mass is 10.1. The minimum absolute atomic E-state index is 0.373. The SMILES string of the molecule is Cc1cc(NCCc2ccnn2C)c(C(N)=S)c(C)n1. The molecule has 0 aliphatic heterocycles. The van der Waals surface area contributed by atoms with Crippen LogP contribution in [0.2, 0.25) is 0 Å². The van der Waals surface area contributed by atoms with Gasteiger partial charge in [-0.1, -0.05) is 12.2 Å². The predicted molar refractivity (Wildman–Crippen MR) is 85.0 cm³/mol. The minimum atomic E-state index is 0.373. The molecule has 5 nitrogen and oxygen atoms in total. The van der Waals surface area contributed by atoms with E-state index < -0.39 is 0 Å². The van der Waals surface area contributed by atoms with E-state index in [4.69, 9.17) is 18.0 Å². The molecular formula is C14H19N5S. The maximum absolute atomic E-state index is 5.79. The van der Waals surface area contributed by atoms with E-state index >= 15 is 0 Å². The lowest BCUT2D eigenvalue weighted by Gasteiger charge is -2.14. The van der Waals surface area contributed by atoms with Crippen LogP contribution in [0, 0.1) is 13.8 Å². The van der Waals surface area contributed by atoms with E-state index in [0.29, 0.717) is 4.99 Å². The van der Waals surface area contributed by atoms with Gasteiger partial charge in [-0.15, -0.1) is 0 Å². The van der Waals surface area contributed by atoms with Crippen molar-refractivity contribution in [3.8, 4) is 0 Å². The van der Waals surface area contributed by atoms with Gasteiger partial charge in [0.15, 0.2) is 0 Å². The van der Waals surface area contributed by atoms with Gasteiger partial charge in [-0.25, -0.2) is 0 Å². The van der Waals surface area contributed by atoms with E-state index in [1.165, 1.54) is 5.69 Å². The summed E-state index contributed by atoms with van der Waals surface area (Å²) in [5, 5.41) is 7.55. The summed E-state index contributed by atoms with van der Waals surface area (Å²) in [5.41, 5.74) is 10.6. The zero-order valence-electron chi connectivity index (χ0n) is 12.0. The number of nitrogens with one attached hydrogen (secondary N) is 1. The molecule has 0 aliphatic rings. The molecule has 0 aromatic carbocycles. The van der Waals surface area contributed by atoms with Gasteiger partial charge in [0, 0.05) is 49.0 Å². The highest BCUT2D eigenvalue weighted by Crippen LogP contribution is 2.19. The molecule has 20 heavy (non-hydrogen) atoms. The average Bonchev–Trinajstić information content (AvgIpc) is 2.73. The Morgan fingerprint density at radius 3 is 2.80 bits per heavy atom. The van der Waals surface area contributed by atoms with Crippen LogP contribution in [0.15, 0.2) is 18.3 Å². The number of thiocarbonyl (C=S) groups is 1. The van der Waals surface area contributed by atoms with Crippen molar-refractivity contribution in [1.82, 2.24) is 14.8 Å². The number of anilines is 1.